The van der Waals surface area contributed by atoms with Crippen LogP contribution in [0, 0.1) is 5.41 Å². The van der Waals surface area contributed by atoms with Gasteiger partial charge in [0.25, 0.3) is 0 Å². The maximum absolute atomic E-state index is 10.3. The molecule has 1 aromatic rings. The molecule has 0 amide bonds. The van der Waals surface area contributed by atoms with Crippen LogP contribution < -0.4 is 0 Å². The van der Waals surface area contributed by atoms with Gasteiger partial charge in [0.1, 0.15) is 0 Å². The second-order valence-electron chi connectivity index (χ2n) is 4.59. The Labute approximate surface area is 83.4 Å². The zero-order valence-electron chi connectivity index (χ0n) is 8.21. The van der Waals surface area contributed by atoms with Gasteiger partial charge in [0.15, 0.2) is 0 Å². The predicted octanol–water partition coefficient (Wildman–Crippen LogP) is 2.84. The van der Waals surface area contributed by atoms with E-state index in [2.05, 4.69) is 18.4 Å². The Morgan fingerprint density at radius 3 is 2.77 bits per heavy atom. The van der Waals surface area contributed by atoms with Gasteiger partial charge >= 0.3 is 0 Å². The first-order valence-electron chi connectivity index (χ1n) is 4.78. The summed E-state index contributed by atoms with van der Waals surface area (Å²) in [7, 11) is 0. The van der Waals surface area contributed by atoms with Crippen molar-refractivity contribution in [3.05, 3.63) is 22.4 Å². The Balaban J connectivity index is 2.09. The molecule has 0 saturated heterocycles. The molecule has 1 nitrogen and oxygen atoms in total. The van der Waals surface area contributed by atoms with Crippen LogP contribution in [-0.2, 0) is 6.42 Å². The summed E-state index contributed by atoms with van der Waals surface area (Å²) in [5, 5.41) is 12.4. The number of aliphatic hydroxyl groups is 1. The van der Waals surface area contributed by atoms with E-state index in [-0.39, 0.29) is 5.41 Å². The molecule has 1 N–H and O–H groups in total. The van der Waals surface area contributed by atoms with Crippen molar-refractivity contribution in [1.29, 1.82) is 0 Å². The number of thiophene rings is 1. The third-order valence-corrected chi connectivity index (χ3v) is 4.28. The first kappa shape index (κ1) is 9.22. The molecule has 1 aromatic heterocycles. The molecule has 1 atom stereocenters. The average Bonchev–Trinajstić information content (AvgIpc) is 2.63. The van der Waals surface area contributed by atoms with E-state index in [0.29, 0.717) is 0 Å². The molecule has 1 aliphatic rings. The molecule has 2 heteroatoms. The highest BCUT2D eigenvalue weighted by atomic mass is 32.1. The first-order valence-corrected chi connectivity index (χ1v) is 5.66. The summed E-state index contributed by atoms with van der Waals surface area (Å²) >= 11 is 1.73. The average molecular weight is 196 g/mol. The summed E-state index contributed by atoms with van der Waals surface area (Å²) in [4.78, 5) is 1.29. The van der Waals surface area contributed by atoms with E-state index in [9.17, 15) is 5.11 Å². The highest BCUT2D eigenvalue weighted by Crippen LogP contribution is 2.54. The van der Waals surface area contributed by atoms with Crippen LogP contribution in [0.2, 0.25) is 0 Å². The minimum atomic E-state index is -0.516. The van der Waals surface area contributed by atoms with Crippen LogP contribution in [0.1, 0.15) is 31.6 Å². The molecule has 0 bridgehead atoms. The van der Waals surface area contributed by atoms with Crippen LogP contribution >= 0.6 is 11.3 Å². The summed E-state index contributed by atoms with van der Waals surface area (Å²) in [6.07, 6.45) is 3.15. The Morgan fingerprint density at radius 1 is 1.62 bits per heavy atom. The van der Waals surface area contributed by atoms with Gasteiger partial charge in [-0.2, -0.15) is 0 Å². The standard InChI is InChI=1S/C11H16OS/c1-10(5-6-10)11(2,12)8-9-4-3-7-13-9/h3-4,7,12H,5-6,8H2,1-2H3. The van der Waals surface area contributed by atoms with Crippen molar-refractivity contribution in [2.24, 2.45) is 5.41 Å². The van der Waals surface area contributed by atoms with Crippen LogP contribution in [0.25, 0.3) is 0 Å². The smallest absolute Gasteiger partial charge is 0.0721 e. The van der Waals surface area contributed by atoms with Gasteiger partial charge in [0, 0.05) is 11.3 Å². The fourth-order valence-corrected chi connectivity index (χ4v) is 2.55. The van der Waals surface area contributed by atoms with Crippen LogP contribution in [0.3, 0.4) is 0 Å². The summed E-state index contributed by atoms with van der Waals surface area (Å²) in [5.41, 5.74) is -0.338. The number of hydrogen-bond donors (Lipinski definition) is 1. The van der Waals surface area contributed by atoms with Gasteiger partial charge in [-0.05, 0) is 36.6 Å². The molecule has 1 unspecified atom stereocenters. The maximum atomic E-state index is 10.3. The van der Waals surface area contributed by atoms with Crippen molar-refractivity contribution in [1.82, 2.24) is 0 Å². The van der Waals surface area contributed by atoms with Crippen molar-refractivity contribution < 1.29 is 5.11 Å². The lowest BCUT2D eigenvalue weighted by molar-refractivity contribution is -0.00632. The van der Waals surface area contributed by atoms with E-state index in [0.717, 1.165) is 6.42 Å². The Kier molecular flexibility index (Phi) is 2.00. The Morgan fingerprint density at radius 2 is 2.31 bits per heavy atom. The van der Waals surface area contributed by atoms with Crippen LogP contribution in [0.5, 0.6) is 0 Å². The van der Waals surface area contributed by atoms with Crippen molar-refractivity contribution in [3.8, 4) is 0 Å². The topological polar surface area (TPSA) is 20.2 Å². The first-order chi connectivity index (χ1) is 6.04. The van der Waals surface area contributed by atoms with E-state index in [4.69, 9.17) is 0 Å². The van der Waals surface area contributed by atoms with Gasteiger partial charge in [-0.25, -0.2) is 0 Å². The zero-order chi connectivity index (χ0) is 9.53. The van der Waals surface area contributed by atoms with E-state index in [1.165, 1.54) is 17.7 Å². The number of rotatable bonds is 3. The molecular weight excluding hydrogens is 180 g/mol. The molecule has 1 saturated carbocycles. The minimum absolute atomic E-state index is 0.178. The van der Waals surface area contributed by atoms with E-state index in [1.54, 1.807) is 11.3 Å². The Hall–Kier alpha value is -0.340. The fourth-order valence-electron chi connectivity index (χ4n) is 1.69. The summed E-state index contributed by atoms with van der Waals surface area (Å²) in [6.45, 7) is 4.15. The van der Waals surface area contributed by atoms with Gasteiger partial charge in [0.2, 0.25) is 0 Å². The maximum Gasteiger partial charge on any atom is 0.0721 e. The molecule has 0 aromatic carbocycles. The molecule has 72 valence electrons. The minimum Gasteiger partial charge on any atom is -0.389 e. The molecule has 0 spiro atoms. The van der Waals surface area contributed by atoms with Crippen molar-refractivity contribution in [2.75, 3.05) is 0 Å². The van der Waals surface area contributed by atoms with Crippen LogP contribution in [-0.4, -0.2) is 10.7 Å². The fraction of sp³-hybridized carbons (Fsp3) is 0.636. The lowest BCUT2D eigenvalue weighted by atomic mass is 9.84. The van der Waals surface area contributed by atoms with Gasteiger partial charge in [-0.3, -0.25) is 0 Å². The van der Waals surface area contributed by atoms with Gasteiger partial charge in [-0.15, -0.1) is 11.3 Å². The van der Waals surface area contributed by atoms with Gasteiger partial charge < -0.3 is 5.11 Å². The molecule has 13 heavy (non-hydrogen) atoms. The van der Waals surface area contributed by atoms with Gasteiger partial charge in [0.05, 0.1) is 5.60 Å². The summed E-state index contributed by atoms with van der Waals surface area (Å²) in [6, 6.07) is 4.15. The molecular formula is C11H16OS. The van der Waals surface area contributed by atoms with Crippen molar-refractivity contribution in [2.45, 2.75) is 38.7 Å². The molecule has 1 heterocycles. The SMILES string of the molecule is CC(O)(Cc1cccs1)C1(C)CC1. The lowest BCUT2D eigenvalue weighted by Crippen LogP contribution is -2.36. The molecule has 2 rings (SSSR count). The van der Waals surface area contributed by atoms with Crippen molar-refractivity contribution in [3.63, 3.8) is 0 Å². The quantitative estimate of drug-likeness (QED) is 0.788. The zero-order valence-corrected chi connectivity index (χ0v) is 9.03. The second-order valence-corrected chi connectivity index (χ2v) is 5.62. The monoisotopic (exact) mass is 196 g/mol. The second kappa shape index (κ2) is 2.82. The molecule has 0 radical (unpaired) electrons. The molecule has 0 aliphatic heterocycles. The Bertz CT molecular complexity index is 283. The van der Waals surface area contributed by atoms with Crippen molar-refractivity contribution >= 4 is 11.3 Å². The molecule has 1 fully saturated rings. The van der Waals surface area contributed by atoms with E-state index >= 15 is 0 Å². The third-order valence-electron chi connectivity index (χ3n) is 3.40. The van der Waals surface area contributed by atoms with Crippen LogP contribution in [0.4, 0.5) is 0 Å². The number of hydrogen-bond acceptors (Lipinski definition) is 2. The molecule has 1 aliphatic carbocycles. The highest BCUT2D eigenvalue weighted by molar-refractivity contribution is 7.09. The largest absolute Gasteiger partial charge is 0.389 e. The predicted molar refractivity (Wildman–Crippen MR) is 56.0 cm³/mol. The summed E-state index contributed by atoms with van der Waals surface area (Å²) in [5.74, 6) is 0. The summed E-state index contributed by atoms with van der Waals surface area (Å²) < 4.78 is 0. The van der Waals surface area contributed by atoms with E-state index in [1.807, 2.05) is 13.0 Å². The van der Waals surface area contributed by atoms with Gasteiger partial charge in [-0.1, -0.05) is 13.0 Å². The normalized spacial score (nSPS) is 23.9. The third kappa shape index (κ3) is 1.65. The highest BCUT2D eigenvalue weighted by Gasteiger charge is 2.51. The lowest BCUT2D eigenvalue weighted by Gasteiger charge is -2.30. The van der Waals surface area contributed by atoms with E-state index < -0.39 is 5.60 Å². The van der Waals surface area contributed by atoms with Crippen LogP contribution in [0.15, 0.2) is 17.5 Å².